The molecule has 0 radical (unpaired) electrons. The second-order valence-corrected chi connectivity index (χ2v) is 3.92. The highest BCUT2D eigenvalue weighted by atomic mass is 15.2. The Labute approximate surface area is 88.3 Å². The van der Waals surface area contributed by atoms with Gasteiger partial charge in [-0.05, 0) is 26.1 Å². The molecule has 1 aliphatic heterocycles. The highest BCUT2D eigenvalue weighted by Gasteiger charge is 2.25. The molecule has 0 bridgehead atoms. The van der Waals surface area contributed by atoms with Crippen molar-refractivity contribution in [3.05, 3.63) is 0 Å². The van der Waals surface area contributed by atoms with Gasteiger partial charge in [-0.1, -0.05) is 13.8 Å². The van der Waals surface area contributed by atoms with Gasteiger partial charge in [0.25, 0.3) is 0 Å². The number of rotatable bonds is 5. The van der Waals surface area contributed by atoms with Crippen LogP contribution in [0.3, 0.4) is 0 Å². The number of terminal acetylenes is 1. The first-order chi connectivity index (χ1) is 6.81. The Morgan fingerprint density at radius 2 is 2.14 bits per heavy atom. The Kier molecular flexibility index (Phi) is 5.00. The predicted molar refractivity (Wildman–Crippen MR) is 61.2 cm³/mol. The fraction of sp³-hybridized carbons (Fsp3) is 0.833. The van der Waals surface area contributed by atoms with Crippen LogP contribution in [-0.2, 0) is 0 Å². The van der Waals surface area contributed by atoms with Gasteiger partial charge in [-0.25, -0.2) is 0 Å². The highest BCUT2D eigenvalue weighted by Crippen LogP contribution is 2.15. The van der Waals surface area contributed by atoms with Crippen molar-refractivity contribution < 1.29 is 0 Å². The van der Waals surface area contributed by atoms with Gasteiger partial charge in [-0.2, -0.15) is 0 Å². The minimum atomic E-state index is 0.766. The van der Waals surface area contributed by atoms with Gasteiger partial charge in [-0.3, -0.25) is 4.90 Å². The van der Waals surface area contributed by atoms with Crippen LogP contribution in [0.15, 0.2) is 0 Å². The monoisotopic (exact) mass is 194 g/mol. The summed E-state index contributed by atoms with van der Waals surface area (Å²) in [6.07, 6.45) is 7.47. The molecule has 1 aliphatic rings. The van der Waals surface area contributed by atoms with E-state index in [4.69, 9.17) is 6.42 Å². The van der Waals surface area contributed by atoms with Crippen LogP contribution >= 0.6 is 0 Å². The SMILES string of the molecule is C#CCCN1CCC(N(CC)CC)C1. The van der Waals surface area contributed by atoms with Crippen molar-refractivity contribution in [2.24, 2.45) is 0 Å². The average Bonchev–Trinajstić information content (AvgIpc) is 2.65. The van der Waals surface area contributed by atoms with E-state index < -0.39 is 0 Å². The van der Waals surface area contributed by atoms with Crippen molar-refractivity contribution in [3.8, 4) is 12.3 Å². The van der Waals surface area contributed by atoms with E-state index in [1.807, 2.05) is 0 Å². The lowest BCUT2D eigenvalue weighted by Crippen LogP contribution is -2.37. The quantitative estimate of drug-likeness (QED) is 0.611. The number of nitrogens with zero attached hydrogens (tertiary/aromatic N) is 2. The number of hydrogen-bond acceptors (Lipinski definition) is 2. The molecule has 0 N–H and O–H groups in total. The molecule has 2 heteroatoms. The minimum Gasteiger partial charge on any atom is -0.301 e. The van der Waals surface area contributed by atoms with E-state index in [0.717, 1.165) is 19.0 Å². The molecule has 0 aromatic carbocycles. The summed E-state index contributed by atoms with van der Waals surface area (Å²) in [6, 6.07) is 0.766. The van der Waals surface area contributed by atoms with Crippen molar-refractivity contribution in [1.82, 2.24) is 9.80 Å². The lowest BCUT2D eigenvalue weighted by atomic mass is 10.2. The third-order valence-corrected chi connectivity index (χ3v) is 3.15. The second kappa shape index (κ2) is 6.06. The van der Waals surface area contributed by atoms with Crippen molar-refractivity contribution in [1.29, 1.82) is 0 Å². The summed E-state index contributed by atoms with van der Waals surface area (Å²) < 4.78 is 0. The van der Waals surface area contributed by atoms with E-state index >= 15 is 0 Å². The van der Waals surface area contributed by atoms with Crippen LogP contribution in [0, 0.1) is 12.3 Å². The van der Waals surface area contributed by atoms with Crippen LogP contribution in [0.25, 0.3) is 0 Å². The molecular formula is C12H22N2. The molecule has 1 rings (SSSR count). The van der Waals surface area contributed by atoms with Gasteiger partial charge in [0.15, 0.2) is 0 Å². The Bertz CT molecular complexity index is 191. The molecular weight excluding hydrogens is 172 g/mol. The van der Waals surface area contributed by atoms with Crippen LogP contribution in [0.5, 0.6) is 0 Å². The van der Waals surface area contributed by atoms with E-state index in [1.165, 1.54) is 32.6 Å². The third-order valence-electron chi connectivity index (χ3n) is 3.15. The van der Waals surface area contributed by atoms with Gasteiger partial charge >= 0.3 is 0 Å². The summed E-state index contributed by atoms with van der Waals surface area (Å²) in [5, 5.41) is 0. The summed E-state index contributed by atoms with van der Waals surface area (Å²) in [4.78, 5) is 5.04. The lowest BCUT2D eigenvalue weighted by Gasteiger charge is -2.26. The zero-order valence-corrected chi connectivity index (χ0v) is 9.50. The molecule has 0 amide bonds. The van der Waals surface area contributed by atoms with Gasteiger partial charge in [0.05, 0.1) is 0 Å². The maximum atomic E-state index is 5.27. The highest BCUT2D eigenvalue weighted by molar-refractivity contribution is 4.88. The zero-order valence-electron chi connectivity index (χ0n) is 9.50. The van der Waals surface area contributed by atoms with Gasteiger partial charge in [0.2, 0.25) is 0 Å². The zero-order chi connectivity index (χ0) is 10.4. The van der Waals surface area contributed by atoms with E-state index in [1.54, 1.807) is 0 Å². The average molecular weight is 194 g/mol. The molecule has 1 atom stereocenters. The largest absolute Gasteiger partial charge is 0.301 e. The van der Waals surface area contributed by atoms with E-state index in [0.29, 0.717) is 0 Å². The molecule has 0 spiro atoms. The maximum absolute atomic E-state index is 5.27. The van der Waals surface area contributed by atoms with Crippen LogP contribution in [0.1, 0.15) is 26.7 Å². The van der Waals surface area contributed by atoms with Crippen LogP contribution in [0.2, 0.25) is 0 Å². The molecule has 1 fully saturated rings. The summed E-state index contributed by atoms with van der Waals surface area (Å²) >= 11 is 0. The molecule has 0 aromatic heterocycles. The number of likely N-dealkylation sites (tertiary alicyclic amines) is 1. The van der Waals surface area contributed by atoms with Crippen LogP contribution < -0.4 is 0 Å². The smallest absolute Gasteiger partial charge is 0.0235 e. The van der Waals surface area contributed by atoms with E-state index in [2.05, 4.69) is 29.6 Å². The third kappa shape index (κ3) is 3.01. The molecule has 0 saturated carbocycles. The lowest BCUT2D eigenvalue weighted by molar-refractivity contribution is 0.212. The molecule has 14 heavy (non-hydrogen) atoms. The van der Waals surface area contributed by atoms with Crippen molar-refractivity contribution in [3.63, 3.8) is 0 Å². The molecule has 0 aromatic rings. The fourth-order valence-electron chi connectivity index (χ4n) is 2.28. The van der Waals surface area contributed by atoms with Crippen LogP contribution in [0.4, 0.5) is 0 Å². The summed E-state index contributed by atoms with van der Waals surface area (Å²) in [7, 11) is 0. The number of likely N-dealkylation sites (N-methyl/N-ethyl adjacent to an activating group) is 1. The normalized spacial score (nSPS) is 22.9. The Hall–Kier alpha value is -0.520. The topological polar surface area (TPSA) is 6.48 Å². The molecule has 1 heterocycles. The first kappa shape index (κ1) is 11.6. The Morgan fingerprint density at radius 3 is 2.71 bits per heavy atom. The van der Waals surface area contributed by atoms with Gasteiger partial charge in [0, 0.05) is 25.6 Å². The number of hydrogen-bond donors (Lipinski definition) is 0. The Balaban J connectivity index is 2.29. The van der Waals surface area contributed by atoms with Crippen molar-refractivity contribution in [2.45, 2.75) is 32.7 Å². The predicted octanol–water partition coefficient (Wildman–Crippen LogP) is 1.43. The van der Waals surface area contributed by atoms with Gasteiger partial charge < -0.3 is 4.90 Å². The summed E-state index contributed by atoms with van der Waals surface area (Å²) in [5.41, 5.74) is 0. The van der Waals surface area contributed by atoms with Gasteiger partial charge in [0.1, 0.15) is 0 Å². The molecule has 1 saturated heterocycles. The van der Waals surface area contributed by atoms with Crippen molar-refractivity contribution in [2.75, 3.05) is 32.7 Å². The second-order valence-electron chi connectivity index (χ2n) is 3.92. The van der Waals surface area contributed by atoms with E-state index in [9.17, 15) is 0 Å². The molecule has 80 valence electrons. The first-order valence-corrected chi connectivity index (χ1v) is 5.71. The van der Waals surface area contributed by atoms with E-state index in [-0.39, 0.29) is 0 Å². The summed E-state index contributed by atoms with van der Waals surface area (Å²) in [5.74, 6) is 2.71. The van der Waals surface area contributed by atoms with Crippen molar-refractivity contribution >= 4 is 0 Å². The molecule has 0 aliphatic carbocycles. The molecule has 1 unspecified atom stereocenters. The van der Waals surface area contributed by atoms with Crippen LogP contribution in [-0.4, -0.2) is 48.6 Å². The molecule has 2 nitrogen and oxygen atoms in total. The standard InChI is InChI=1S/C12H22N2/c1-4-7-9-13-10-8-12(11-13)14(5-2)6-3/h1,12H,5-11H2,2-3H3. The fourth-order valence-corrected chi connectivity index (χ4v) is 2.28. The first-order valence-electron chi connectivity index (χ1n) is 5.71. The minimum absolute atomic E-state index is 0.766. The van der Waals surface area contributed by atoms with Gasteiger partial charge in [-0.15, -0.1) is 12.3 Å². The summed E-state index contributed by atoms with van der Waals surface area (Å²) in [6.45, 7) is 10.3. The Morgan fingerprint density at radius 1 is 1.43 bits per heavy atom. The maximum Gasteiger partial charge on any atom is 0.0235 e.